The van der Waals surface area contributed by atoms with E-state index in [1.165, 1.54) is 14.0 Å². The maximum absolute atomic E-state index is 11.3. The molecule has 0 bridgehead atoms. The van der Waals surface area contributed by atoms with Crippen molar-refractivity contribution in [1.29, 1.82) is 0 Å². The van der Waals surface area contributed by atoms with Crippen molar-refractivity contribution in [1.82, 2.24) is 4.98 Å². The Balaban J connectivity index is 3.06. The lowest BCUT2D eigenvalue weighted by Crippen LogP contribution is -2.00. The number of ether oxygens (including phenoxy) is 1. The average molecular weight is 263 g/mol. The highest BCUT2D eigenvalue weighted by molar-refractivity contribution is 7.90. The van der Waals surface area contributed by atoms with Gasteiger partial charge in [-0.25, -0.2) is 13.4 Å². The lowest BCUT2D eigenvalue weighted by Gasteiger charge is -1.95. The summed E-state index contributed by atoms with van der Waals surface area (Å²) < 4.78 is 27.1. The summed E-state index contributed by atoms with van der Waals surface area (Å²) >= 11 is 1.11. The molecule has 1 aromatic heterocycles. The summed E-state index contributed by atoms with van der Waals surface area (Å²) in [7, 11) is -1.63. The monoisotopic (exact) mass is 263 g/mol. The highest BCUT2D eigenvalue weighted by Gasteiger charge is 2.17. The molecule has 0 aliphatic carbocycles. The first-order valence-corrected chi connectivity index (χ1v) is 7.37. The Hall–Kier alpha value is -0.790. The van der Waals surface area contributed by atoms with Gasteiger partial charge in [0, 0.05) is 20.3 Å². The van der Waals surface area contributed by atoms with Crippen LogP contribution in [0.3, 0.4) is 0 Å². The summed E-state index contributed by atoms with van der Waals surface area (Å²) in [6.07, 6.45) is 1.14. The van der Waals surface area contributed by atoms with E-state index in [4.69, 9.17) is 4.74 Å². The first kappa shape index (κ1) is 13.3. The molecule has 0 aromatic carbocycles. The average Bonchev–Trinajstić information content (AvgIpc) is 2.45. The molecule has 0 N–H and O–H groups in total. The standard InChI is InChI=1S/C9H13NO4S2/c1-6(11)9-7(4-14-2)10-8(15-9)5-16(3,12)13/h4-5H2,1-3H3. The fraction of sp³-hybridized carbons (Fsp3) is 0.556. The zero-order valence-corrected chi connectivity index (χ0v) is 10.9. The van der Waals surface area contributed by atoms with E-state index in [0.29, 0.717) is 15.6 Å². The van der Waals surface area contributed by atoms with Crippen molar-refractivity contribution in [3.8, 4) is 0 Å². The lowest BCUT2D eigenvalue weighted by atomic mass is 10.3. The molecule has 0 aliphatic rings. The second kappa shape index (κ2) is 5.03. The Kier molecular flexibility index (Phi) is 4.17. The van der Waals surface area contributed by atoms with Gasteiger partial charge in [-0.2, -0.15) is 0 Å². The molecule has 1 heterocycles. The number of rotatable bonds is 5. The number of carbonyl (C=O) groups is 1. The quantitative estimate of drug-likeness (QED) is 0.742. The number of methoxy groups -OCH3 is 1. The summed E-state index contributed by atoms with van der Waals surface area (Å²) in [5.74, 6) is -0.258. The summed E-state index contributed by atoms with van der Waals surface area (Å²) in [6, 6.07) is 0. The number of hydrogen-bond acceptors (Lipinski definition) is 6. The molecule has 1 aromatic rings. The van der Waals surface area contributed by atoms with Crippen molar-refractivity contribution in [2.24, 2.45) is 0 Å². The van der Waals surface area contributed by atoms with Crippen LogP contribution in [0.25, 0.3) is 0 Å². The third-order valence-electron chi connectivity index (χ3n) is 1.73. The van der Waals surface area contributed by atoms with Gasteiger partial charge < -0.3 is 4.74 Å². The van der Waals surface area contributed by atoms with Crippen LogP contribution in [0, 0.1) is 0 Å². The van der Waals surface area contributed by atoms with Crippen LogP contribution < -0.4 is 0 Å². The van der Waals surface area contributed by atoms with Crippen LogP contribution in [-0.2, 0) is 26.9 Å². The van der Waals surface area contributed by atoms with Gasteiger partial charge in [0.05, 0.1) is 17.2 Å². The van der Waals surface area contributed by atoms with E-state index in [2.05, 4.69) is 4.98 Å². The predicted molar refractivity (Wildman–Crippen MR) is 61.4 cm³/mol. The van der Waals surface area contributed by atoms with Gasteiger partial charge in [-0.15, -0.1) is 11.3 Å². The number of thiazole rings is 1. The zero-order valence-electron chi connectivity index (χ0n) is 9.31. The number of Topliss-reactive ketones (excluding diaryl/α,β-unsaturated/α-hetero) is 1. The van der Waals surface area contributed by atoms with Gasteiger partial charge in [0.1, 0.15) is 10.8 Å². The smallest absolute Gasteiger partial charge is 0.171 e. The molecule has 0 aliphatic heterocycles. The van der Waals surface area contributed by atoms with Crippen LogP contribution in [0.1, 0.15) is 27.3 Å². The van der Waals surface area contributed by atoms with Gasteiger partial charge in [-0.3, -0.25) is 4.79 Å². The van der Waals surface area contributed by atoms with Crippen LogP contribution >= 0.6 is 11.3 Å². The molecular formula is C9H13NO4S2. The summed E-state index contributed by atoms with van der Waals surface area (Å²) in [5.41, 5.74) is 0.513. The van der Waals surface area contributed by atoms with Crippen molar-refractivity contribution in [3.63, 3.8) is 0 Å². The molecule has 0 unspecified atom stereocenters. The lowest BCUT2D eigenvalue weighted by molar-refractivity contribution is 0.101. The first-order chi connectivity index (χ1) is 7.33. The molecule has 90 valence electrons. The Morgan fingerprint density at radius 3 is 2.56 bits per heavy atom. The SMILES string of the molecule is COCc1nc(CS(C)(=O)=O)sc1C(C)=O. The van der Waals surface area contributed by atoms with E-state index in [-0.39, 0.29) is 18.1 Å². The Morgan fingerprint density at radius 2 is 2.12 bits per heavy atom. The number of nitrogens with zero attached hydrogens (tertiary/aromatic N) is 1. The van der Waals surface area contributed by atoms with E-state index in [0.717, 1.165) is 17.6 Å². The molecule has 16 heavy (non-hydrogen) atoms. The highest BCUT2D eigenvalue weighted by atomic mass is 32.2. The first-order valence-electron chi connectivity index (χ1n) is 4.49. The Morgan fingerprint density at radius 1 is 1.50 bits per heavy atom. The molecule has 0 atom stereocenters. The van der Waals surface area contributed by atoms with E-state index < -0.39 is 9.84 Å². The van der Waals surface area contributed by atoms with E-state index >= 15 is 0 Å². The maximum atomic E-state index is 11.3. The third kappa shape index (κ3) is 3.66. The molecule has 0 amide bonds. The Bertz CT molecular complexity index is 490. The normalized spacial score (nSPS) is 11.7. The van der Waals surface area contributed by atoms with Crippen LogP contribution in [0.2, 0.25) is 0 Å². The number of aromatic nitrogens is 1. The van der Waals surface area contributed by atoms with Gasteiger partial charge in [-0.05, 0) is 0 Å². The van der Waals surface area contributed by atoms with E-state index in [9.17, 15) is 13.2 Å². The van der Waals surface area contributed by atoms with Gasteiger partial charge >= 0.3 is 0 Å². The predicted octanol–water partition coefficient (Wildman–Crippen LogP) is 1.04. The molecule has 7 heteroatoms. The van der Waals surface area contributed by atoms with Crippen molar-refractivity contribution in [3.05, 3.63) is 15.6 Å². The minimum Gasteiger partial charge on any atom is -0.378 e. The van der Waals surface area contributed by atoms with Crippen molar-refractivity contribution in [2.75, 3.05) is 13.4 Å². The van der Waals surface area contributed by atoms with E-state index in [1.807, 2.05) is 0 Å². The summed E-state index contributed by atoms with van der Waals surface area (Å²) in [4.78, 5) is 15.9. The van der Waals surface area contributed by atoms with Gasteiger partial charge in [0.2, 0.25) is 0 Å². The second-order valence-electron chi connectivity index (χ2n) is 3.44. The third-order valence-corrected chi connectivity index (χ3v) is 3.91. The maximum Gasteiger partial charge on any atom is 0.171 e. The summed E-state index contributed by atoms with van der Waals surface area (Å²) in [6.45, 7) is 1.64. The molecule has 0 spiro atoms. The fourth-order valence-electron chi connectivity index (χ4n) is 1.20. The summed E-state index contributed by atoms with van der Waals surface area (Å²) in [5, 5.41) is 0.430. The van der Waals surface area contributed by atoms with Gasteiger partial charge in [-0.1, -0.05) is 0 Å². The number of sulfone groups is 1. The fourth-order valence-corrected chi connectivity index (χ4v) is 3.35. The zero-order chi connectivity index (χ0) is 12.3. The molecule has 0 radical (unpaired) electrons. The number of ketones is 1. The van der Waals surface area contributed by atoms with Gasteiger partial charge in [0.15, 0.2) is 15.6 Å². The largest absolute Gasteiger partial charge is 0.378 e. The number of carbonyl (C=O) groups excluding carboxylic acids is 1. The van der Waals surface area contributed by atoms with Crippen molar-refractivity contribution in [2.45, 2.75) is 19.3 Å². The van der Waals surface area contributed by atoms with Crippen LogP contribution in [-0.4, -0.2) is 32.6 Å². The minimum atomic E-state index is -3.13. The molecule has 0 saturated carbocycles. The highest BCUT2D eigenvalue weighted by Crippen LogP contribution is 2.21. The minimum absolute atomic E-state index is 0.121. The van der Waals surface area contributed by atoms with Crippen molar-refractivity contribution < 1.29 is 17.9 Å². The second-order valence-corrected chi connectivity index (χ2v) is 6.67. The van der Waals surface area contributed by atoms with Crippen LogP contribution in [0.4, 0.5) is 0 Å². The molecule has 0 saturated heterocycles. The topological polar surface area (TPSA) is 73.3 Å². The van der Waals surface area contributed by atoms with Crippen LogP contribution in [0.15, 0.2) is 0 Å². The Labute approximate surface area is 98.4 Å². The van der Waals surface area contributed by atoms with Crippen molar-refractivity contribution >= 4 is 27.0 Å². The molecule has 1 rings (SSSR count). The molecular weight excluding hydrogens is 250 g/mol. The molecule has 5 nitrogen and oxygen atoms in total. The molecule has 0 fully saturated rings. The number of hydrogen-bond donors (Lipinski definition) is 0. The van der Waals surface area contributed by atoms with E-state index in [1.54, 1.807) is 0 Å². The van der Waals surface area contributed by atoms with Gasteiger partial charge in [0.25, 0.3) is 0 Å². The van der Waals surface area contributed by atoms with Crippen LogP contribution in [0.5, 0.6) is 0 Å².